The Morgan fingerprint density at radius 1 is 1.05 bits per heavy atom. The van der Waals surface area contributed by atoms with E-state index in [9.17, 15) is 9.90 Å². The lowest BCUT2D eigenvalue weighted by atomic mass is 9.51. The Morgan fingerprint density at radius 2 is 1.79 bits per heavy atom. The topological polar surface area (TPSA) is 49.8 Å². The summed E-state index contributed by atoms with van der Waals surface area (Å²) in [5.41, 5.74) is 5.46. The van der Waals surface area contributed by atoms with Crippen molar-refractivity contribution in [1.29, 1.82) is 0 Å². The van der Waals surface area contributed by atoms with Gasteiger partial charge in [0.25, 0.3) is 0 Å². The predicted octanol–water partition coefficient (Wildman–Crippen LogP) is 6.20. The third kappa shape index (κ3) is 4.00. The van der Waals surface area contributed by atoms with Gasteiger partial charge in [0.15, 0.2) is 5.78 Å². The summed E-state index contributed by atoms with van der Waals surface area (Å²) in [5, 5.41) is 12.2. The molecule has 1 unspecified atom stereocenters. The fourth-order valence-electron chi connectivity index (χ4n) is 8.14. The number of anilines is 1. The number of hydrogen-bond acceptors (Lipinski definition) is 4. The highest BCUT2D eigenvalue weighted by atomic mass is 16.5. The highest BCUT2D eigenvalue weighted by Gasteiger charge is 2.62. The number of ether oxygens (including phenoxy) is 1. The van der Waals surface area contributed by atoms with Crippen LogP contribution in [0, 0.1) is 34.5 Å². The summed E-state index contributed by atoms with van der Waals surface area (Å²) >= 11 is 0. The van der Waals surface area contributed by atoms with Crippen molar-refractivity contribution in [3.63, 3.8) is 0 Å². The maximum atomic E-state index is 12.3. The lowest BCUT2D eigenvalue weighted by Gasteiger charge is -2.54. The first-order valence-corrected chi connectivity index (χ1v) is 14.7. The molecule has 202 valence electrons. The molecule has 6 rings (SSSR count). The number of fused-ring (bicyclic) bond motifs is 4. The number of hydrogen-bond donors (Lipinski definition) is 1. The molecule has 4 nitrogen and oxygen atoms in total. The Balaban J connectivity index is 1.44. The molecule has 0 amide bonds. The molecule has 0 radical (unpaired) electrons. The van der Waals surface area contributed by atoms with Crippen molar-refractivity contribution in [3.05, 3.63) is 52.6 Å². The third-order valence-electron chi connectivity index (χ3n) is 10.8. The molecule has 1 saturated heterocycles. The molecule has 3 fully saturated rings. The molecule has 0 bridgehead atoms. The first kappa shape index (κ1) is 25.9. The van der Waals surface area contributed by atoms with E-state index < -0.39 is 5.60 Å². The number of rotatable bonds is 3. The van der Waals surface area contributed by atoms with E-state index in [1.807, 2.05) is 6.08 Å². The zero-order valence-electron chi connectivity index (χ0n) is 23.8. The van der Waals surface area contributed by atoms with E-state index in [4.69, 9.17) is 4.74 Å². The van der Waals surface area contributed by atoms with Gasteiger partial charge in [-0.05, 0) is 106 Å². The van der Waals surface area contributed by atoms with Crippen molar-refractivity contribution < 1.29 is 14.6 Å². The van der Waals surface area contributed by atoms with Crippen LogP contribution in [-0.2, 0) is 9.53 Å². The van der Waals surface area contributed by atoms with E-state index in [0.717, 1.165) is 38.5 Å². The number of allylic oxidation sites excluding steroid dienone is 4. The van der Waals surface area contributed by atoms with E-state index in [1.54, 1.807) is 5.57 Å². The summed E-state index contributed by atoms with van der Waals surface area (Å²) < 4.78 is 5.44. The highest BCUT2D eigenvalue weighted by Crippen LogP contribution is 2.66. The average molecular weight is 514 g/mol. The highest BCUT2D eigenvalue weighted by molar-refractivity contribution is 5.93. The van der Waals surface area contributed by atoms with Gasteiger partial charge in [-0.3, -0.25) is 4.79 Å². The molecular formula is C34H43NO3. The van der Waals surface area contributed by atoms with Crippen molar-refractivity contribution in [2.75, 3.05) is 25.2 Å². The van der Waals surface area contributed by atoms with Gasteiger partial charge in [0, 0.05) is 36.5 Å². The van der Waals surface area contributed by atoms with Crippen LogP contribution in [-0.4, -0.2) is 42.8 Å². The minimum atomic E-state index is -0.985. The van der Waals surface area contributed by atoms with Gasteiger partial charge in [0.1, 0.15) is 5.60 Å². The van der Waals surface area contributed by atoms with Gasteiger partial charge in [-0.2, -0.15) is 0 Å². The lowest BCUT2D eigenvalue weighted by molar-refractivity contribution is -0.114. The van der Waals surface area contributed by atoms with Gasteiger partial charge in [-0.1, -0.05) is 36.5 Å². The van der Waals surface area contributed by atoms with Gasteiger partial charge >= 0.3 is 0 Å². The standard InChI is InChI=1S/C34H43NO3/c1-22(2)35(5)25-9-6-23(7-10-25)29-19-33(4)30(14-15-34(33,37)17-16-32(3)20-38-21-32)28-12-8-24-18-26(36)11-13-27(24)31(28)29/h6-7,9-10,18,22,28-30,37H,8,11-15,19-21H2,1-5H3/t28-,29+,30?,33-,34+/m0/s1. The fourth-order valence-corrected chi connectivity index (χ4v) is 8.14. The second kappa shape index (κ2) is 9.10. The predicted molar refractivity (Wildman–Crippen MR) is 152 cm³/mol. The summed E-state index contributed by atoms with van der Waals surface area (Å²) in [4.78, 5) is 14.6. The molecule has 4 heteroatoms. The maximum absolute atomic E-state index is 12.3. The Morgan fingerprint density at radius 3 is 2.45 bits per heavy atom. The summed E-state index contributed by atoms with van der Waals surface area (Å²) in [6.45, 7) is 10.2. The molecule has 0 aromatic heterocycles. The molecule has 38 heavy (non-hydrogen) atoms. The molecule has 5 aliphatic rings. The van der Waals surface area contributed by atoms with Crippen LogP contribution in [0.25, 0.3) is 0 Å². The summed E-state index contributed by atoms with van der Waals surface area (Å²) in [5.74, 6) is 8.28. The summed E-state index contributed by atoms with van der Waals surface area (Å²) in [7, 11) is 2.15. The molecule has 1 N–H and O–H groups in total. The number of ketones is 1. The first-order valence-electron chi connectivity index (χ1n) is 14.7. The van der Waals surface area contributed by atoms with E-state index in [0.29, 0.717) is 37.5 Å². The van der Waals surface area contributed by atoms with Crippen LogP contribution in [0.15, 0.2) is 47.1 Å². The molecule has 5 atom stereocenters. The van der Waals surface area contributed by atoms with E-state index in [-0.39, 0.29) is 22.5 Å². The molecule has 1 aromatic rings. The van der Waals surface area contributed by atoms with Crippen LogP contribution < -0.4 is 4.90 Å². The number of nitrogens with zero attached hydrogens (tertiary/aromatic N) is 1. The van der Waals surface area contributed by atoms with Crippen LogP contribution in [0.2, 0.25) is 0 Å². The molecule has 1 aliphatic heterocycles. The first-order chi connectivity index (χ1) is 18.0. The van der Waals surface area contributed by atoms with Gasteiger partial charge < -0.3 is 14.7 Å². The monoisotopic (exact) mass is 513 g/mol. The quantitative estimate of drug-likeness (QED) is 0.489. The number of carbonyl (C=O) groups excluding carboxylic acids is 1. The van der Waals surface area contributed by atoms with Crippen molar-refractivity contribution in [1.82, 2.24) is 0 Å². The Hall–Kier alpha value is -2.35. The summed E-state index contributed by atoms with van der Waals surface area (Å²) in [6, 6.07) is 9.57. The fraction of sp³-hybridized carbons (Fsp3) is 0.618. The van der Waals surface area contributed by atoms with Crippen molar-refractivity contribution in [3.8, 4) is 11.8 Å². The van der Waals surface area contributed by atoms with Crippen LogP contribution in [0.3, 0.4) is 0 Å². The third-order valence-corrected chi connectivity index (χ3v) is 10.8. The van der Waals surface area contributed by atoms with Gasteiger partial charge in [-0.15, -0.1) is 0 Å². The number of benzene rings is 1. The Labute approximate surface area is 228 Å². The van der Waals surface area contributed by atoms with Crippen LogP contribution >= 0.6 is 0 Å². The van der Waals surface area contributed by atoms with E-state index >= 15 is 0 Å². The Kier molecular flexibility index (Phi) is 6.21. The SMILES string of the molecule is CC(C)N(C)c1ccc([C@H]2C[C@@]3(C)C(CC[C@@]3(O)C#CC3(C)COC3)[C@@H]3CCC4=CC(=O)CCC4=C32)cc1. The van der Waals surface area contributed by atoms with Gasteiger partial charge in [0.2, 0.25) is 0 Å². The maximum Gasteiger partial charge on any atom is 0.156 e. The smallest absolute Gasteiger partial charge is 0.156 e. The van der Waals surface area contributed by atoms with Crippen molar-refractivity contribution >= 4 is 11.5 Å². The molecule has 4 aliphatic carbocycles. The molecule has 1 heterocycles. The lowest BCUT2D eigenvalue weighted by Crippen LogP contribution is -2.51. The zero-order valence-corrected chi connectivity index (χ0v) is 23.8. The summed E-state index contributed by atoms with van der Waals surface area (Å²) in [6.07, 6.45) is 8.12. The number of carbonyl (C=O) groups is 1. The largest absolute Gasteiger partial charge is 0.378 e. The second-order valence-electron chi connectivity index (χ2n) is 13.5. The molecular weight excluding hydrogens is 470 g/mol. The van der Waals surface area contributed by atoms with Crippen LogP contribution in [0.5, 0.6) is 0 Å². The minimum Gasteiger partial charge on any atom is -0.378 e. The molecule has 0 spiro atoms. The zero-order chi connectivity index (χ0) is 26.9. The molecule has 1 aromatic carbocycles. The minimum absolute atomic E-state index is 0.136. The van der Waals surface area contributed by atoms with Crippen molar-refractivity contribution in [2.45, 2.75) is 90.2 Å². The second-order valence-corrected chi connectivity index (χ2v) is 13.5. The van der Waals surface area contributed by atoms with Gasteiger partial charge in [-0.25, -0.2) is 0 Å². The van der Waals surface area contributed by atoms with E-state index in [2.05, 4.69) is 75.7 Å². The Bertz CT molecular complexity index is 1260. The molecule has 2 saturated carbocycles. The number of aliphatic hydroxyl groups is 1. The van der Waals surface area contributed by atoms with Crippen molar-refractivity contribution in [2.24, 2.45) is 22.7 Å². The normalized spacial score (nSPS) is 35.4. The van der Waals surface area contributed by atoms with Gasteiger partial charge in [0.05, 0.1) is 18.6 Å². The van der Waals surface area contributed by atoms with Crippen LogP contribution in [0.4, 0.5) is 5.69 Å². The van der Waals surface area contributed by atoms with E-state index in [1.165, 1.54) is 22.4 Å². The van der Waals surface area contributed by atoms with Crippen LogP contribution in [0.1, 0.15) is 84.1 Å². The average Bonchev–Trinajstić information content (AvgIpc) is 3.15.